The highest BCUT2D eigenvalue weighted by molar-refractivity contribution is 8.00. The zero-order chi connectivity index (χ0) is 19.3. The van der Waals surface area contributed by atoms with Gasteiger partial charge in [0.1, 0.15) is 0 Å². The van der Waals surface area contributed by atoms with Gasteiger partial charge in [-0.1, -0.05) is 61.4 Å². The number of aliphatic hydroxyl groups is 2. The van der Waals surface area contributed by atoms with E-state index >= 15 is 0 Å². The molecule has 0 spiro atoms. The summed E-state index contributed by atoms with van der Waals surface area (Å²) in [4.78, 5) is 0. The van der Waals surface area contributed by atoms with Crippen LogP contribution in [0.1, 0.15) is 56.9 Å². The lowest BCUT2D eigenvalue weighted by molar-refractivity contribution is 0.183. The molecule has 0 fully saturated rings. The number of aliphatic hydroxyl groups excluding tert-OH is 2. The van der Waals surface area contributed by atoms with Gasteiger partial charge in [0.25, 0.3) is 0 Å². The van der Waals surface area contributed by atoms with Crippen LogP contribution in [-0.2, 0) is 6.42 Å². The van der Waals surface area contributed by atoms with E-state index in [2.05, 4.69) is 44.2 Å². The standard InChI is InChI=1S/C22H31ClO2S/c1-15-7-9-22(4,10-8-15)13-19-12-18(5-6-20(19)23)21(11-16(2)25)26-17(3)14-24/h5-9,12,16-17,21,24-25H,10-11,13-14H2,1-4H3. The first kappa shape index (κ1) is 21.6. The van der Waals surface area contributed by atoms with E-state index in [1.54, 1.807) is 11.8 Å². The predicted molar refractivity (Wildman–Crippen MR) is 114 cm³/mol. The summed E-state index contributed by atoms with van der Waals surface area (Å²) in [6, 6.07) is 6.22. The average molecular weight is 395 g/mol. The Kier molecular flexibility index (Phi) is 7.84. The molecule has 4 unspecified atom stereocenters. The molecule has 0 saturated heterocycles. The summed E-state index contributed by atoms with van der Waals surface area (Å²) in [5.74, 6) is 0. The number of rotatable bonds is 8. The molecule has 0 amide bonds. The molecule has 26 heavy (non-hydrogen) atoms. The molecule has 4 atom stereocenters. The maximum atomic E-state index is 9.90. The van der Waals surface area contributed by atoms with Crippen LogP contribution < -0.4 is 0 Å². The Balaban J connectivity index is 2.25. The van der Waals surface area contributed by atoms with Crippen molar-refractivity contribution in [2.24, 2.45) is 5.41 Å². The molecule has 0 radical (unpaired) electrons. The zero-order valence-electron chi connectivity index (χ0n) is 16.2. The van der Waals surface area contributed by atoms with Gasteiger partial charge in [0.05, 0.1) is 12.7 Å². The summed E-state index contributed by atoms with van der Waals surface area (Å²) in [5, 5.41) is 20.4. The molecule has 0 heterocycles. The Labute approximate surface area is 167 Å². The Morgan fingerprint density at radius 3 is 2.62 bits per heavy atom. The van der Waals surface area contributed by atoms with E-state index in [9.17, 15) is 10.2 Å². The predicted octanol–water partition coefficient (Wildman–Crippen LogP) is 5.72. The minimum absolute atomic E-state index is 0.0765. The molecule has 2 N–H and O–H groups in total. The maximum Gasteiger partial charge on any atom is 0.0547 e. The molecule has 4 heteroatoms. The Hall–Kier alpha value is -0.740. The molecule has 1 aliphatic rings. The van der Waals surface area contributed by atoms with Crippen LogP contribution in [0.5, 0.6) is 0 Å². The molecule has 2 nitrogen and oxygen atoms in total. The van der Waals surface area contributed by atoms with Gasteiger partial charge in [-0.05, 0) is 55.7 Å². The van der Waals surface area contributed by atoms with Crippen molar-refractivity contribution in [2.45, 2.75) is 63.6 Å². The van der Waals surface area contributed by atoms with Crippen LogP contribution in [0.2, 0.25) is 5.02 Å². The van der Waals surface area contributed by atoms with Crippen molar-refractivity contribution in [3.8, 4) is 0 Å². The van der Waals surface area contributed by atoms with Crippen LogP contribution >= 0.6 is 23.4 Å². The number of hydrogen-bond acceptors (Lipinski definition) is 3. The smallest absolute Gasteiger partial charge is 0.0547 e. The van der Waals surface area contributed by atoms with Gasteiger partial charge < -0.3 is 10.2 Å². The summed E-state index contributed by atoms with van der Waals surface area (Å²) >= 11 is 8.22. The second-order valence-electron chi connectivity index (χ2n) is 7.87. The van der Waals surface area contributed by atoms with Crippen LogP contribution in [0, 0.1) is 5.41 Å². The topological polar surface area (TPSA) is 40.5 Å². The van der Waals surface area contributed by atoms with Crippen molar-refractivity contribution < 1.29 is 10.2 Å². The second kappa shape index (κ2) is 9.45. The van der Waals surface area contributed by atoms with Gasteiger partial charge in [0.15, 0.2) is 0 Å². The van der Waals surface area contributed by atoms with Gasteiger partial charge >= 0.3 is 0 Å². The number of hydrogen-bond donors (Lipinski definition) is 2. The summed E-state index contributed by atoms with van der Waals surface area (Å²) in [6.45, 7) is 8.36. The molecular formula is C22H31ClO2S. The summed E-state index contributed by atoms with van der Waals surface area (Å²) in [5.41, 5.74) is 3.71. The molecule has 1 aliphatic carbocycles. The van der Waals surface area contributed by atoms with Gasteiger partial charge in [-0.2, -0.15) is 0 Å². The lowest BCUT2D eigenvalue weighted by atomic mass is 9.77. The zero-order valence-corrected chi connectivity index (χ0v) is 17.8. The van der Waals surface area contributed by atoms with Crippen LogP contribution in [0.15, 0.2) is 42.0 Å². The number of allylic oxidation sites excluding steroid dienone is 4. The van der Waals surface area contributed by atoms with E-state index in [-0.39, 0.29) is 28.6 Å². The monoisotopic (exact) mass is 394 g/mol. The van der Waals surface area contributed by atoms with Crippen LogP contribution in [0.25, 0.3) is 0 Å². The molecule has 0 bridgehead atoms. The number of halogens is 1. The minimum atomic E-state index is -0.385. The molecule has 2 rings (SSSR count). The van der Waals surface area contributed by atoms with Gasteiger partial charge in [-0.3, -0.25) is 0 Å². The lowest BCUT2D eigenvalue weighted by Gasteiger charge is -2.29. The quantitative estimate of drug-likeness (QED) is 0.592. The van der Waals surface area contributed by atoms with E-state index in [4.69, 9.17) is 11.6 Å². The summed E-state index contributed by atoms with van der Waals surface area (Å²) in [6.07, 6.45) is 8.95. The van der Waals surface area contributed by atoms with Gasteiger partial charge in [0.2, 0.25) is 0 Å². The summed E-state index contributed by atoms with van der Waals surface area (Å²) in [7, 11) is 0. The van der Waals surface area contributed by atoms with Crippen molar-refractivity contribution in [1.82, 2.24) is 0 Å². The highest BCUT2D eigenvalue weighted by Gasteiger charge is 2.25. The third-order valence-corrected chi connectivity index (χ3v) is 6.66. The first-order chi connectivity index (χ1) is 12.2. The van der Waals surface area contributed by atoms with E-state index in [0.717, 1.165) is 23.4 Å². The Morgan fingerprint density at radius 2 is 2.04 bits per heavy atom. The molecule has 1 aromatic rings. The molecule has 1 aromatic carbocycles. The highest BCUT2D eigenvalue weighted by atomic mass is 35.5. The molecule has 144 valence electrons. The molecular weight excluding hydrogens is 364 g/mol. The largest absolute Gasteiger partial charge is 0.395 e. The molecule has 0 aliphatic heterocycles. The first-order valence-corrected chi connectivity index (χ1v) is 10.6. The van der Waals surface area contributed by atoms with Crippen molar-refractivity contribution in [1.29, 1.82) is 0 Å². The van der Waals surface area contributed by atoms with Crippen molar-refractivity contribution in [3.05, 3.63) is 58.1 Å². The Morgan fingerprint density at radius 1 is 1.31 bits per heavy atom. The SMILES string of the molecule is CC1=CCC(C)(Cc2cc(C(CC(C)O)SC(C)CO)ccc2Cl)C=C1. The van der Waals surface area contributed by atoms with E-state index in [1.165, 1.54) is 11.1 Å². The first-order valence-electron chi connectivity index (χ1n) is 9.31. The normalized spacial score (nSPS) is 23.4. The Bertz CT molecular complexity index is 668. The van der Waals surface area contributed by atoms with Crippen molar-refractivity contribution in [2.75, 3.05) is 6.61 Å². The average Bonchev–Trinajstić information content (AvgIpc) is 2.58. The lowest BCUT2D eigenvalue weighted by Crippen LogP contribution is -2.18. The van der Waals surface area contributed by atoms with Gasteiger partial charge in [0, 0.05) is 15.5 Å². The molecule has 0 aromatic heterocycles. The van der Waals surface area contributed by atoms with E-state index in [1.807, 2.05) is 19.9 Å². The fourth-order valence-corrected chi connectivity index (χ4v) is 4.79. The van der Waals surface area contributed by atoms with Gasteiger partial charge in [-0.25, -0.2) is 0 Å². The third-order valence-electron chi connectivity index (χ3n) is 4.88. The fourth-order valence-electron chi connectivity index (χ4n) is 3.26. The van der Waals surface area contributed by atoms with Gasteiger partial charge in [-0.15, -0.1) is 11.8 Å². The highest BCUT2D eigenvalue weighted by Crippen LogP contribution is 2.40. The van der Waals surface area contributed by atoms with Crippen LogP contribution in [0.3, 0.4) is 0 Å². The second-order valence-corrected chi connectivity index (χ2v) is 9.92. The fraction of sp³-hybridized carbons (Fsp3) is 0.545. The minimum Gasteiger partial charge on any atom is -0.395 e. The molecule has 0 saturated carbocycles. The van der Waals surface area contributed by atoms with E-state index < -0.39 is 0 Å². The van der Waals surface area contributed by atoms with Crippen molar-refractivity contribution in [3.63, 3.8) is 0 Å². The third kappa shape index (κ3) is 6.16. The number of thioether (sulfide) groups is 1. The van der Waals surface area contributed by atoms with Crippen molar-refractivity contribution >= 4 is 23.4 Å². The van der Waals surface area contributed by atoms with E-state index in [0.29, 0.717) is 6.42 Å². The van der Waals surface area contributed by atoms with Crippen LogP contribution in [-0.4, -0.2) is 28.2 Å². The van der Waals surface area contributed by atoms with Crippen LogP contribution in [0.4, 0.5) is 0 Å². The maximum absolute atomic E-state index is 9.90. The summed E-state index contributed by atoms with van der Waals surface area (Å²) < 4.78 is 0. The number of benzene rings is 1.